The molecule has 2 N–H and O–H groups in total. The summed E-state index contributed by atoms with van der Waals surface area (Å²) in [5.41, 5.74) is 12.2. The molecule has 5 rings (SSSR count). The van der Waals surface area contributed by atoms with Crippen LogP contribution < -0.4 is 5.73 Å². The molecular formula is C26H26N6O. The fraction of sp³-hybridized carbons (Fsp3) is 0.269. The Balaban J connectivity index is 1.69. The van der Waals surface area contributed by atoms with Crippen molar-refractivity contribution in [1.82, 2.24) is 24.5 Å². The second-order valence-electron chi connectivity index (χ2n) is 8.69. The highest BCUT2D eigenvalue weighted by Crippen LogP contribution is 2.39. The minimum Gasteiger partial charge on any atom is -0.402 e. The van der Waals surface area contributed by atoms with Crippen LogP contribution >= 0.6 is 0 Å². The van der Waals surface area contributed by atoms with Crippen molar-refractivity contribution in [3.05, 3.63) is 78.0 Å². The van der Waals surface area contributed by atoms with Gasteiger partial charge in [-0.1, -0.05) is 6.07 Å². The molecule has 0 radical (unpaired) electrons. The molecule has 4 aromatic rings. The lowest BCUT2D eigenvalue weighted by Crippen LogP contribution is -2.08. The van der Waals surface area contributed by atoms with E-state index >= 15 is 0 Å². The Labute approximate surface area is 192 Å². The standard InChI is InChI=1S/C26H26N6O/c1-15(27)24(17(3)33)19-10-23-25(29-11-19)21(20-12-30-26(31-13-20)18-7-8-18)14-32(23)16(2)22-6-4-5-9-28-22/h4-6,9-14,16,18H,7-8,27H2,1-3H3/b24-15+/t16-/m0/s1. The van der Waals surface area contributed by atoms with E-state index < -0.39 is 0 Å². The fourth-order valence-electron chi connectivity index (χ4n) is 4.30. The predicted molar refractivity (Wildman–Crippen MR) is 128 cm³/mol. The van der Waals surface area contributed by atoms with Gasteiger partial charge < -0.3 is 10.3 Å². The first kappa shape index (κ1) is 21.0. The molecule has 166 valence electrons. The van der Waals surface area contributed by atoms with Crippen LogP contribution in [0.5, 0.6) is 0 Å². The highest BCUT2D eigenvalue weighted by molar-refractivity contribution is 6.20. The molecule has 1 fully saturated rings. The number of pyridine rings is 2. The number of Topliss-reactive ketones (excluding diaryl/α,β-unsaturated/α-hetero) is 1. The van der Waals surface area contributed by atoms with Gasteiger partial charge >= 0.3 is 0 Å². The fourth-order valence-corrected chi connectivity index (χ4v) is 4.30. The van der Waals surface area contributed by atoms with E-state index in [0.29, 0.717) is 22.8 Å². The zero-order valence-corrected chi connectivity index (χ0v) is 19.0. The van der Waals surface area contributed by atoms with Gasteiger partial charge in [0.1, 0.15) is 5.82 Å². The van der Waals surface area contributed by atoms with E-state index in [1.807, 2.05) is 36.7 Å². The molecule has 0 bridgehead atoms. The summed E-state index contributed by atoms with van der Waals surface area (Å²) < 4.78 is 2.14. The van der Waals surface area contributed by atoms with E-state index in [-0.39, 0.29) is 11.8 Å². The minimum absolute atomic E-state index is 0.0464. The third-order valence-corrected chi connectivity index (χ3v) is 6.16. The Morgan fingerprint density at radius 3 is 2.45 bits per heavy atom. The smallest absolute Gasteiger partial charge is 0.162 e. The molecule has 4 heterocycles. The van der Waals surface area contributed by atoms with Crippen LogP contribution in [0.25, 0.3) is 27.7 Å². The Bertz CT molecular complexity index is 1360. The van der Waals surface area contributed by atoms with Crippen molar-refractivity contribution in [3.63, 3.8) is 0 Å². The van der Waals surface area contributed by atoms with Gasteiger partial charge in [-0.3, -0.25) is 14.8 Å². The van der Waals surface area contributed by atoms with Gasteiger partial charge in [-0.05, 0) is 51.8 Å². The average Bonchev–Trinajstić information content (AvgIpc) is 3.60. The molecule has 0 amide bonds. The van der Waals surface area contributed by atoms with Crippen molar-refractivity contribution in [2.24, 2.45) is 5.73 Å². The third kappa shape index (κ3) is 3.91. The van der Waals surface area contributed by atoms with Gasteiger partial charge in [-0.15, -0.1) is 0 Å². The SMILES string of the molecule is CC(=O)/C(=C(/C)N)c1cnc2c(-c3cnc(C4CC4)nc3)cn([C@@H](C)c3ccccn3)c2c1. The van der Waals surface area contributed by atoms with Crippen LogP contribution in [-0.4, -0.2) is 30.3 Å². The van der Waals surface area contributed by atoms with E-state index in [9.17, 15) is 4.79 Å². The number of hydrogen-bond donors (Lipinski definition) is 1. The first-order valence-corrected chi connectivity index (χ1v) is 11.2. The monoisotopic (exact) mass is 438 g/mol. The number of aromatic nitrogens is 5. The Morgan fingerprint density at radius 1 is 1.09 bits per heavy atom. The highest BCUT2D eigenvalue weighted by atomic mass is 16.1. The molecule has 1 aliphatic carbocycles. The van der Waals surface area contributed by atoms with Crippen molar-refractivity contribution in [2.75, 3.05) is 0 Å². The van der Waals surface area contributed by atoms with Crippen LogP contribution in [0, 0.1) is 0 Å². The molecule has 1 atom stereocenters. The summed E-state index contributed by atoms with van der Waals surface area (Å²) in [5.74, 6) is 1.33. The highest BCUT2D eigenvalue weighted by Gasteiger charge is 2.26. The van der Waals surface area contributed by atoms with E-state index in [2.05, 4.69) is 32.6 Å². The Morgan fingerprint density at radius 2 is 1.85 bits per heavy atom. The molecule has 0 aliphatic heterocycles. The summed E-state index contributed by atoms with van der Waals surface area (Å²) in [6, 6.07) is 7.83. The molecule has 1 aliphatic rings. The van der Waals surface area contributed by atoms with Crippen LogP contribution in [0.15, 0.2) is 60.9 Å². The lowest BCUT2D eigenvalue weighted by atomic mass is 10.0. The number of hydrogen-bond acceptors (Lipinski definition) is 6. The van der Waals surface area contributed by atoms with Crippen LogP contribution in [0.2, 0.25) is 0 Å². The molecule has 1 saturated carbocycles. The summed E-state index contributed by atoms with van der Waals surface area (Å²) in [6.45, 7) is 5.36. The lowest BCUT2D eigenvalue weighted by Gasteiger charge is -2.15. The van der Waals surface area contributed by atoms with Crippen LogP contribution in [-0.2, 0) is 4.79 Å². The summed E-state index contributed by atoms with van der Waals surface area (Å²) in [7, 11) is 0. The van der Waals surface area contributed by atoms with Crippen molar-refractivity contribution >= 4 is 22.4 Å². The van der Waals surface area contributed by atoms with Crippen LogP contribution in [0.1, 0.15) is 62.7 Å². The number of rotatable bonds is 6. The number of nitrogens with two attached hydrogens (primary N) is 1. The maximum absolute atomic E-state index is 12.3. The van der Waals surface area contributed by atoms with Crippen molar-refractivity contribution < 1.29 is 4.79 Å². The molecule has 0 unspecified atom stereocenters. The number of carbonyl (C=O) groups excluding carboxylic acids is 1. The topological polar surface area (TPSA) is 99.6 Å². The number of carbonyl (C=O) groups is 1. The molecule has 0 spiro atoms. The first-order chi connectivity index (χ1) is 15.9. The molecular weight excluding hydrogens is 412 g/mol. The Kier molecular flexibility index (Phi) is 5.24. The van der Waals surface area contributed by atoms with E-state index in [0.717, 1.165) is 46.5 Å². The normalized spacial score (nSPS) is 15.4. The molecule has 7 heteroatoms. The van der Waals surface area contributed by atoms with Crippen LogP contribution in [0.3, 0.4) is 0 Å². The minimum atomic E-state index is -0.0867. The van der Waals surface area contributed by atoms with Gasteiger partial charge in [-0.25, -0.2) is 9.97 Å². The number of allylic oxidation sites excluding steroid dienone is 2. The molecule has 0 saturated heterocycles. The molecule has 4 aromatic heterocycles. The molecule has 0 aromatic carbocycles. The summed E-state index contributed by atoms with van der Waals surface area (Å²) in [5, 5.41) is 0. The van der Waals surface area contributed by atoms with Crippen molar-refractivity contribution in [1.29, 1.82) is 0 Å². The van der Waals surface area contributed by atoms with Crippen molar-refractivity contribution in [3.8, 4) is 11.1 Å². The van der Waals surface area contributed by atoms with Crippen molar-refractivity contribution in [2.45, 2.75) is 45.6 Å². The summed E-state index contributed by atoms with van der Waals surface area (Å²) in [4.78, 5) is 30.8. The Hall–Kier alpha value is -3.87. The molecule has 7 nitrogen and oxygen atoms in total. The quantitative estimate of drug-likeness (QED) is 0.440. The lowest BCUT2D eigenvalue weighted by molar-refractivity contribution is -0.111. The predicted octanol–water partition coefficient (Wildman–Crippen LogP) is 4.65. The summed E-state index contributed by atoms with van der Waals surface area (Å²) in [6.07, 6.45) is 11.7. The van der Waals surface area contributed by atoms with Gasteiger partial charge in [0.25, 0.3) is 0 Å². The van der Waals surface area contributed by atoms with Gasteiger partial charge in [-0.2, -0.15) is 0 Å². The second-order valence-corrected chi connectivity index (χ2v) is 8.69. The van der Waals surface area contributed by atoms with Crippen LogP contribution in [0.4, 0.5) is 0 Å². The van der Waals surface area contributed by atoms with E-state index in [1.54, 1.807) is 19.3 Å². The van der Waals surface area contributed by atoms with E-state index in [1.165, 1.54) is 6.92 Å². The second kappa shape index (κ2) is 8.24. The zero-order valence-electron chi connectivity index (χ0n) is 19.0. The average molecular weight is 439 g/mol. The maximum Gasteiger partial charge on any atom is 0.162 e. The molecule has 33 heavy (non-hydrogen) atoms. The van der Waals surface area contributed by atoms with Gasteiger partial charge in [0.05, 0.1) is 22.8 Å². The first-order valence-electron chi connectivity index (χ1n) is 11.2. The number of fused-ring (bicyclic) bond motifs is 1. The number of nitrogens with zero attached hydrogens (tertiary/aromatic N) is 5. The third-order valence-electron chi connectivity index (χ3n) is 6.16. The van der Waals surface area contributed by atoms with Gasteiger partial charge in [0.15, 0.2) is 5.78 Å². The van der Waals surface area contributed by atoms with E-state index in [4.69, 9.17) is 10.7 Å². The maximum atomic E-state index is 12.3. The van der Waals surface area contributed by atoms with Gasteiger partial charge in [0.2, 0.25) is 0 Å². The zero-order chi connectivity index (χ0) is 23.1. The van der Waals surface area contributed by atoms with Gasteiger partial charge in [0, 0.05) is 64.9 Å². The largest absolute Gasteiger partial charge is 0.402 e. The number of ketones is 1. The summed E-state index contributed by atoms with van der Waals surface area (Å²) >= 11 is 0.